The van der Waals surface area contributed by atoms with Crippen LogP contribution in [0.2, 0.25) is 0 Å². The average molecular weight is 347 g/mol. The first-order valence-electron chi connectivity index (χ1n) is 6.28. The van der Waals surface area contributed by atoms with Crippen LogP contribution in [0, 0.1) is 0 Å². The lowest BCUT2D eigenvalue weighted by molar-refractivity contribution is -0.133. The number of hydrogen-bond acceptors (Lipinski definition) is 4. The van der Waals surface area contributed by atoms with Crippen LogP contribution in [0.25, 0.3) is 0 Å². The van der Waals surface area contributed by atoms with Gasteiger partial charge in [0.15, 0.2) is 11.4 Å². The number of nitrogens with zero attached hydrogens (tertiary/aromatic N) is 1. The number of nitrogens with one attached hydrogen (secondary N) is 1. The normalized spacial score (nSPS) is 20.0. The number of hydrogen-bond donors (Lipinski definition) is 2. The average Bonchev–Trinajstić information content (AvgIpc) is 2.72. The maximum Gasteiger partial charge on any atom is 0.261 e. The number of aliphatic hydroxyl groups is 1. The Morgan fingerprint density at radius 2 is 2.00 bits per heavy atom. The SMILES string of the molecule is O=C(CC1(O)C(=O)Nc2ccc(Br)cc21)c1ccncc1. The molecule has 0 radical (unpaired) electrons. The lowest BCUT2D eigenvalue weighted by atomic mass is 9.88. The minimum Gasteiger partial charge on any atom is -0.375 e. The van der Waals surface area contributed by atoms with Crippen molar-refractivity contribution >= 4 is 33.3 Å². The van der Waals surface area contributed by atoms with E-state index in [0.29, 0.717) is 16.8 Å². The van der Waals surface area contributed by atoms with Gasteiger partial charge in [0.1, 0.15) is 0 Å². The summed E-state index contributed by atoms with van der Waals surface area (Å²) in [4.78, 5) is 28.2. The second-order valence-corrected chi connectivity index (χ2v) is 5.76. The van der Waals surface area contributed by atoms with Gasteiger partial charge >= 0.3 is 0 Å². The molecule has 0 saturated heterocycles. The first kappa shape index (κ1) is 13.9. The van der Waals surface area contributed by atoms with Gasteiger partial charge in [-0.3, -0.25) is 14.6 Å². The van der Waals surface area contributed by atoms with Crippen LogP contribution in [0.5, 0.6) is 0 Å². The molecule has 106 valence electrons. The number of rotatable bonds is 3. The van der Waals surface area contributed by atoms with Crippen LogP contribution in [0.15, 0.2) is 47.2 Å². The molecule has 3 rings (SSSR count). The highest BCUT2D eigenvalue weighted by Gasteiger charge is 2.46. The lowest BCUT2D eigenvalue weighted by Crippen LogP contribution is -2.36. The number of pyridine rings is 1. The van der Waals surface area contributed by atoms with Crippen molar-refractivity contribution in [3.8, 4) is 0 Å². The van der Waals surface area contributed by atoms with Crippen LogP contribution in [0.1, 0.15) is 22.3 Å². The third-order valence-corrected chi connectivity index (χ3v) is 3.96. The maximum atomic E-state index is 12.3. The van der Waals surface area contributed by atoms with Gasteiger partial charge in [-0.2, -0.15) is 0 Å². The summed E-state index contributed by atoms with van der Waals surface area (Å²) in [6.07, 6.45) is 2.68. The third kappa shape index (κ3) is 2.36. The predicted octanol–water partition coefficient (Wildman–Crippen LogP) is 2.26. The fourth-order valence-corrected chi connectivity index (χ4v) is 2.72. The molecule has 6 heteroatoms. The number of halogens is 1. The molecule has 2 aromatic rings. The molecule has 2 N–H and O–H groups in total. The molecule has 1 unspecified atom stereocenters. The molecule has 1 aromatic carbocycles. The summed E-state index contributed by atoms with van der Waals surface area (Å²) in [7, 11) is 0. The number of fused-ring (bicyclic) bond motifs is 1. The number of Topliss-reactive ketones (excluding diaryl/α,β-unsaturated/α-hetero) is 1. The fourth-order valence-electron chi connectivity index (χ4n) is 2.36. The number of benzene rings is 1. The maximum absolute atomic E-state index is 12.3. The Balaban J connectivity index is 1.97. The largest absolute Gasteiger partial charge is 0.375 e. The second-order valence-electron chi connectivity index (χ2n) is 4.84. The number of amides is 1. The molecule has 1 aliphatic rings. The van der Waals surface area contributed by atoms with E-state index >= 15 is 0 Å². The summed E-state index contributed by atoms with van der Waals surface area (Å²) in [5, 5.41) is 13.3. The first-order chi connectivity index (χ1) is 10.0. The Labute approximate surface area is 129 Å². The van der Waals surface area contributed by atoms with Crippen LogP contribution in [0.3, 0.4) is 0 Å². The Hall–Kier alpha value is -2.05. The zero-order chi connectivity index (χ0) is 15.0. The van der Waals surface area contributed by atoms with E-state index in [1.165, 1.54) is 12.4 Å². The van der Waals surface area contributed by atoms with E-state index in [1.54, 1.807) is 30.3 Å². The molecule has 1 aromatic heterocycles. The van der Waals surface area contributed by atoms with Crippen LogP contribution < -0.4 is 5.32 Å². The Morgan fingerprint density at radius 1 is 1.29 bits per heavy atom. The molecule has 2 heterocycles. The van der Waals surface area contributed by atoms with Crippen molar-refractivity contribution in [2.75, 3.05) is 5.32 Å². The molecular formula is C15H11BrN2O3. The highest BCUT2D eigenvalue weighted by molar-refractivity contribution is 9.10. The first-order valence-corrected chi connectivity index (χ1v) is 7.07. The van der Waals surface area contributed by atoms with E-state index in [-0.39, 0.29) is 12.2 Å². The molecule has 0 aliphatic carbocycles. The van der Waals surface area contributed by atoms with Gasteiger partial charge in [-0.15, -0.1) is 0 Å². The molecule has 0 bridgehead atoms. The molecule has 0 fully saturated rings. The number of anilines is 1. The van der Waals surface area contributed by atoms with Crippen molar-refractivity contribution < 1.29 is 14.7 Å². The van der Waals surface area contributed by atoms with Crippen LogP contribution in [-0.2, 0) is 10.4 Å². The Bertz CT molecular complexity index is 733. The van der Waals surface area contributed by atoms with Crippen molar-refractivity contribution in [3.05, 3.63) is 58.3 Å². The smallest absolute Gasteiger partial charge is 0.261 e. The van der Waals surface area contributed by atoms with E-state index in [4.69, 9.17) is 0 Å². The summed E-state index contributed by atoms with van der Waals surface area (Å²) in [5.74, 6) is -0.902. The van der Waals surface area contributed by atoms with Crippen molar-refractivity contribution in [2.45, 2.75) is 12.0 Å². The van der Waals surface area contributed by atoms with Gasteiger partial charge in [0, 0.05) is 33.7 Å². The fraction of sp³-hybridized carbons (Fsp3) is 0.133. The highest BCUT2D eigenvalue weighted by atomic mass is 79.9. The highest BCUT2D eigenvalue weighted by Crippen LogP contribution is 2.40. The lowest BCUT2D eigenvalue weighted by Gasteiger charge is -2.20. The molecule has 21 heavy (non-hydrogen) atoms. The van der Waals surface area contributed by atoms with Gasteiger partial charge in [-0.05, 0) is 30.3 Å². The van der Waals surface area contributed by atoms with Crippen molar-refractivity contribution in [3.63, 3.8) is 0 Å². The molecule has 5 nitrogen and oxygen atoms in total. The topological polar surface area (TPSA) is 79.3 Å². The molecule has 0 saturated carbocycles. The summed E-state index contributed by atoms with van der Waals surface area (Å²) >= 11 is 3.30. The number of carbonyl (C=O) groups is 2. The molecule has 1 aliphatic heterocycles. The zero-order valence-electron chi connectivity index (χ0n) is 10.8. The Morgan fingerprint density at radius 3 is 2.71 bits per heavy atom. The summed E-state index contributed by atoms with van der Waals surface area (Å²) < 4.78 is 0.729. The third-order valence-electron chi connectivity index (χ3n) is 3.47. The van der Waals surface area contributed by atoms with Gasteiger partial charge in [0.05, 0.1) is 6.42 Å². The number of ketones is 1. The van der Waals surface area contributed by atoms with Gasteiger partial charge in [-0.25, -0.2) is 0 Å². The number of carbonyl (C=O) groups excluding carboxylic acids is 2. The number of aromatic nitrogens is 1. The monoisotopic (exact) mass is 346 g/mol. The summed E-state index contributed by atoms with van der Waals surface area (Å²) in [6, 6.07) is 8.20. The predicted molar refractivity (Wildman–Crippen MR) is 79.9 cm³/mol. The zero-order valence-corrected chi connectivity index (χ0v) is 12.4. The van der Waals surface area contributed by atoms with Gasteiger partial charge < -0.3 is 10.4 Å². The van der Waals surface area contributed by atoms with E-state index < -0.39 is 11.5 Å². The van der Waals surface area contributed by atoms with Gasteiger partial charge in [-0.1, -0.05) is 15.9 Å². The van der Waals surface area contributed by atoms with Crippen molar-refractivity contribution in [1.29, 1.82) is 0 Å². The molecule has 1 amide bonds. The summed E-state index contributed by atoms with van der Waals surface area (Å²) in [6.45, 7) is 0. The minimum absolute atomic E-state index is 0.313. The standard InChI is InChI=1S/C15H11BrN2O3/c16-10-1-2-12-11(7-10)15(21,14(20)18-12)8-13(19)9-3-5-17-6-4-9/h1-7,21H,8H2,(H,18,20). The molecule has 0 spiro atoms. The van der Waals surface area contributed by atoms with E-state index in [2.05, 4.69) is 26.2 Å². The quantitative estimate of drug-likeness (QED) is 0.835. The summed E-state index contributed by atoms with van der Waals surface area (Å²) in [5.41, 5.74) is -0.508. The van der Waals surface area contributed by atoms with Crippen molar-refractivity contribution in [2.24, 2.45) is 0 Å². The molecule has 1 atom stereocenters. The van der Waals surface area contributed by atoms with Crippen molar-refractivity contribution in [1.82, 2.24) is 4.98 Å². The Kier molecular flexibility index (Phi) is 3.35. The molecular weight excluding hydrogens is 336 g/mol. The van der Waals surface area contributed by atoms with Crippen LogP contribution in [-0.4, -0.2) is 21.8 Å². The van der Waals surface area contributed by atoms with E-state index in [1.807, 2.05) is 0 Å². The van der Waals surface area contributed by atoms with E-state index in [9.17, 15) is 14.7 Å². The second kappa shape index (κ2) is 5.05. The van der Waals surface area contributed by atoms with Crippen LogP contribution in [0.4, 0.5) is 5.69 Å². The van der Waals surface area contributed by atoms with E-state index in [0.717, 1.165) is 4.47 Å². The van der Waals surface area contributed by atoms with Gasteiger partial charge in [0.2, 0.25) is 0 Å². The van der Waals surface area contributed by atoms with Crippen LogP contribution >= 0.6 is 15.9 Å². The van der Waals surface area contributed by atoms with Gasteiger partial charge in [0.25, 0.3) is 5.91 Å². The minimum atomic E-state index is -1.85.